The summed E-state index contributed by atoms with van der Waals surface area (Å²) in [6.45, 7) is 3.84. The van der Waals surface area contributed by atoms with Gasteiger partial charge in [0.15, 0.2) is 0 Å². The zero-order chi connectivity index (χ0) is 13.7. The third-order valence-electron chi connectivity index (χ3n) is 3.73. The summed E-state index contributed by atoms with van der Waals surface area (Å²) in [4.78, 5) is 6.27. The van der Waals surface area contributed by atoms with Crippen LogP contribution in [0.2, 0.25) is 0 Å². The summed E-state index contributed by atoms with van der Waals surface area (Å²) in [5.74, 6) is 6.12. The highest BCUT2D eigenvalue weighted by atomic mass is 32.1. The van der Waals surface area contributed by atoms with Gasteiger partial charge in [0.25, 0.3) is 0 Å². The molecule has 0 spiro atoms. The van der Waals surface area contributed by atoms with Gasteiger partial charge in [0.2, 0.25) is 0 Å². The summed E-state index contributed by atoms with van der Waals surface area (Å²) in [6, 6.07) is 2.85. The maximum absolute atomic E-state index is 5.44. The summed E-state index contributed by atoms with van der Waals surface area (Å²) in [6.07, 6.45) is 2.53. The number of likely N-dealkylation sites (tertiary alicyclic amines) is 1. The minimum Gasteiger partial charge on any atom is -0.320 e. The zero-order valence-electron chi connectivity index (χ0n) is 11.9. The number of nitrogens with zero attached hydrogens (tertiary/aromatic N) is 2. The van der Waals surface area contributed by atoms with E-state index in [4.69, 9.17) is 5.73 Å². The van der Waals surface area contributed by atoms with Crippen molar-refractivity contribution in [3.05, 3.63) is 21.9 Å². The molecule has 0 aliphatic carbocycles. The van der Waals surface area contributed by atoms with Crippen molar-refractivity contribution in [3.8, 4) is 11.8 Å². The van der Waals surface area contributed by atoms with Gasteiger partial charge in [-0.2, -0.15) is 0 Å². The van der Waals surface area contributed by atoms with Gasteiger partial charge in [0.1, 0.15) is 0 Å². The SMILES string of the molecule is CN(C)C1CCN(Cc2sccc2C#CCN)CC1. The molecule has 1 aromatic rings. The first kappa shape index (κ1) is 14.5. The number of thiophene rings is 1. The van der Waals surface area contributed by atoms with E-state index in [9.17, 15) is 0 Å². The number of hydrogen-bond acceptors (Lipinski definition) is 4. The Kier molecular flexibility index (Phi) is 5.41. The fraction of sp³-hybridized carbons (Fsp3) is 0.600. The molecule has 0 saturated carbocycles. The first-order chi connectivity index (χ1) is 9.20. The van der Waals surface area contributed by atoms with E-state index >= 15 is 0 Å². The van der Waals surface area contributed by atoms with Crippen LogP contribution in [0.3, 0.4) is 0 Å². The second kappa shape index (κ2) is 7.06. The highest BCUT2D eigenvalue weighted by Crippen LogP contribution is 2.21. The molecule has 1 saturated heterocycles. The predicted octanol–water partition coefficient (Wildman–Crippen LogP) is 1.58. The minimum absolute atomic E-state index is 0.434. The molecular formula is C15H23N3S. The molecule has 0 atom stereocenters. The van der Waals surface area contributed by atoms with Gasteiger partial charge < -0.3 is 10.6 Å². The first-order valence-corrected chi connectivity index (χ1v) is 7.72. The molecule has 2 rings (SSSR count). The Morgan fingerprint density at radius 1 is 1.42 bits per heavy atom. The van der Waals surface area contributed by atoms with Crippen molar-refractivity contribution in [1.82, 2.24) is 9.80 Å². The molecule has 3 nitrogen and oxygen atoms in total. The smallest absolute Gasteiger partial charge is 0.0555 e. The van der Waals surface area contributed by atoms with Gasteiger partial charge in [-0.15, -0.1) is 11.3 Å². The number of piperidine rings is 1. The monoisotopic (exact) mass is 277 g/mol. The average Bonchev–Trinajstić information content (AvgIpc) is 2.84. The lowest BCUT2D eigenvalue weighted by molar-refractivity contribution is 0.141. The lowest BCUT2D eigenvalue weighted by Crippen LogP contribution is -2.41. The lowest BCUT2D eigenvalue weighted by Gasteiger charge is -2.35. The second-order valence-electron chi connectivity index (χ2n) is 5.23. The van der Waals surface area contributed by atoms with Crippen LogP contribution < -0.4 is 5.73 Å². The van der Waals surface area contributed by atoms with Gasteiger partial charge >= 0.3 is 0 Å². The first-order valence-electron chi connectivity index (χ1n) is 6.84. The summed E-state index contributed by atoms with van der Waals surface area (Å²) >= 11 is 1.81. The lowest BCUT2D eigenvalue weighted by atomic mass is 10.0. The van der Waals surface area contributed by atoms with Gasteiger partial charge in [-0.05, 0) is 38.4 Å². The molecule has 2 N–H and O–H groups in total. The van der Waals surface area contributed by atoms with E-state index in [-0.39, 0.29) is 0 Å². The van der Waals surface area contributed by atoms with Crippen LogP contribution in [0.15, 0.2) is 11.4 Å². The fourth-order valence-electron chi connectivity index (χ4n) is 2.52. The van der Waals surface area contributed by atoms with E-state index in [0.29, 0.717) is 6.54 Å². The maximum Gasteiger partial charge on any atom is 0.0555 e. The molecule has 0 unspecified atom stereocenters. The molecule has 0 aromatic carbocycles. The topological polar surface area (TPSA) is 32.5 Å². The Hall–Kier alpha value is -0.860. The Morgan fingerprint density at radius 3 is 2.79 bits per heavy atom. The van der Waals surface area contributed by atoms with Crippen molar-refractivity contribution in [2.75, 3.05) is 33.7 Å². The van der Waals surface area contributed by atoms with Crippen LogP contribution >= 0.6 is 11.3 Å². The molecule has 19 heavy (non-hydrogen) atoms. The van der Waals surface area contributed by atoms with Crippen molar-refractivity contribution in [3.63, 3.8) is 0 Å². The van der Waals surface area contributed by atoms with Crippen LogP contribution in [-0.2, 0) is 6.54 Å². The van der Waals surface area contributed by atoms with Crippen LogP contribution in [0.5, 0.6) is 0 Å². The Balaban J connectivity index is 1.91. The number of nitrogens with two attached hydrogens (primary N) is 1. The molecule has 1 aliphatic rings. The summed E-state index contributed by atoms with van der Waals surface area (Å²) in [7, 11) is 4.36. The van der Waals surface area contributed by atoms with Crippen molar-refractivity contribution in [2.45, 2.75) is 25.4 Å². The van der Waals surface area contributed by atoms with Crippen LogP contribution in [0.4, 0.5) is 0 Å². The highest BCUT2D eigenvalue weighted by Gasteiger charge is 2.21. The predicted molar refractivity (Wildman–Crippen MR) is 82.2 cm³/mol. The standard InChI is InChI=1S/C15H23N3S/c1-17(2)14-5-9-18(10-6-14)12-15-13(4-3-8-16)7-11-19-15/h7,11,14H,5-6,8-10,12,16H2,1-2H3. The summed E-state index contributed by atoms with van der Waals surface area (Å²) < 4.78 is 0. The highest BCUT2D eigenvalue weighted by molar-refractivity contribution is 7.10. The van der Waals surface area contributed by atoms with Crippen LogP contribution in [0.1, 0.15) is 23.3 Å². The molecule has 1 aliphatic heterocycles. The molecule has 2 heterocycles. The van der Waals surface area contributed by atoms with E-state index in [1.807, 2.05) is 0 Å². The van der Waals surface area contributed by atoms with Crippen molar-refractivity contribution in [2.24, 2.45) is 5.73 Å². The van der Waals surface area contributed by atoms with E-state index in [0.717, 1.165) is 18.2 Å². The maximum atomic E-state index is 5.44. The summed E-state index contributed by atoms with van der Waals surface area (Å²) in [5, 5.41) is 2.13. The van der Waals surface area contributed by atoms with E-state index in [2.05, 4.69) is 47.2 Å². The number of rotatable bonds is 3. The normalized spacial score (nSPS) is 17.5. The number of hydrogen-bond donors (Lipinski definition) is 1. The molecule has 4 heteroatoms. The third-order valence-corrected chi connectivity index (χ3v) is 4.63. The van der Waals surface area contributed by atoms with Gasteiger partial charge in [-0.3, -0.25) is 4.90 Å². The second-order valence-corrected chi connectivity index (χ2v) is 6.23. The quantitative estimate of drug-likeness (QED) is 0.852. The van der Waals surface area contributed by atoms with E-state index < -0.39 is 0 Å². The van der Waals surface area contributed by atoms with Gasteiger partial charge in [0.05, 0.1) is 6.54 Å². The third kappa shape index (κ3) is 4.05. The molecular weight excluding hydrogens is 254 g/mol. The van der Waals surface area contributed by atoms with Gasteiger partial charge in [-0.1, -0.05) is 11.8 Å². The van der Waals surface area contributed by atoms with Crippen LogP contribution in [0, 0.1) is 11.8 Å². The van der Waals surface area contributed by atoms with Crippen LogP contribution in [0.25, 0.3) is 0 Å². The van der Waals surface area contributed by atoms with Crippen molar-refractivity contribution >= 4 is 11.3 Å². The largest absolute Gasteiger partial charge is 0.320 e. The molecule has 0 radical (unpaired) electrons. The molecule has 1 aromatic heterocycles. The average molecular weight is 277 g/mol. The van der Waals surface area contributed by atoms with Crippen LogP contribution in [-0.4, -0.2) is 49.6 Å². The summed E-state index contributed by atoms with van der Waals surface area (Å²) in [5.41, 5.74) is 6.60. The zero-order valence-corrected chi connectivity index (χ0v) is 12.7. The van der Waals surface area contributed by atoms with E-state index in [1.165, 1.54) is 30.8 Å². The molecule has 0 bridgehead atoms. The van der Waals surface area contributed by atoms with Crippen molar-refractivity contribution in [1.29, 1.82) is 0 Å². The Labute approximate surface area is 120 Å². The molecule has 1 fully saturated rings. The Morgan fingerprint density at radius 2 is 2.16 bits per heavy atom. The van der Waals surface area contributed by atoms with Gasteiger partial charge in [0, 0.05) is 36.1 Å². The fourth-order valence-corrected chi connectivity index (χ4v) is 3.39. The molecule has 104 valence electrons. The molecule has 0 amide bonds. The van der Waals surface area contributed by atoms with Gasteiger partial charge in [-0.25, -0.2) is 0 Å². The van der Waals surface area contributed by atoms with E-state index in [1.54, 1.807) is 11.3 Å². The van der Waals surface area contributed by atoms with Crippen molar-refractivity contribution < 1.29 is 0 Å². The Bertz CT molecular complexity index is 447. The minimum atomic E-state index is 0.434.